The SMILES string of the molecule is C=C(F)c1c(-c2noc(CNC(=O)C3CC3)n2)nn2c(N[C@@H]3CCN(C)C[C@@H]3F)cccc12. The van der Waals surface area contributed by atoms with Gasteiger partial charge in [-0.3, -0.25) is 4.79 Å². The zero-order chi connectivity index (χ0) is 23.1. The normalized spacial score (nSPS) is 21.3. The predicted molar refractivity (Wildman–Crippen MR) is 118 cm³/mol. The highest BCUT2D eigenvalue weighted by Gasteiger charge is 2.30. The summed E-state index contributed by atoms with van der Waals surface area (Å²) in [6.45, 7) is 4.64. The average molecular weight is 457 g/mol. The molecule has 1 aliphatic carbocycles. The molecule has 0 unspecified atom stereocenters. The molecular formula is C22H25F2N7O2. The van der Waals surface area contributed by atoms with E-state index in [0.29, 0.717) is 24.3 Å². The Bertz CT molecular complexity index is 1200. The van der Waals surface area contributed by atoms with Gasteiger partial charge in [-0.1, -0.05) is 17.8 Å². The fourth-order valence-corrected chi connectivity index (χ4v) is 4.09. The lowest BCUT2D eigenvalue weighted by atomic mass is 10.0. The van der Waals surface area contributed by atoms with Crippen molar-refractivity contribution in [3.8, 4) is 11.5 Å². The van der Waals surface area contributed by atoms with Crippen molar-refractivity contribution >= 4 is 23.1 Å². The standard InChI is InChI=1S/C22H25F2N7O2/c1-12(23)19-16-4-3-5-17(26-15-8-9-30(2)11-14(15)24)31(16)28-20(19)21-27-18(33-29-21)10-25-22(32)13-6-7-13/h3-5,13-15,26H,1,6-11H2,2H3,(H,25,32)/t14-,15+/m0/s1. The van der Waals surface area contributed by atoms with Gasteiger partial charge in [-0.25, -0.2) is 13.3 Å². The lowest BCUT2D eigenvalue weighted by Crippen LogP contribution is -2.46. The van der Waals surface area contributed by atoms with Crippen LogP contribution in [0.25, 0.3) is 22.9 Å². The molecule has 0 radical (unpaired) electrons. The lowest BCUT2D eigenvalue weighted by Gasteiger charge is -2.33. The minimum Gasteiger partial charge on any atom is -0.364 e. The van der Waals surface area contributed by atoms with Crippen LogP contribution in [0.2, 0.25) is 0 Å². The van der Waals surface area contributed by atoms with Gasteiger partial charge in [0.1, 0.15) is 23.5 Å². The van der Waals surface area contributed by atoms with E-state index in [9.17, 15) is 13.6 Å². The number of nitrogens with one attached hydrogen (secondary N) is 2. The van der Waals surface area contributed by atoms with Crippen LogP contribution < -0.4 is 10.6 Å². The van der Waals surface area contributed by atoms with Crippen LogP contribution in [0.5, 0.6) is 0 Å². The molecule has 0 aromatic carbocycles. The fourth-order valence-electron chi connectivity index (χ4n) is 4.09. The van der Waals surface area contributed by atoms with E-state index in [1.807, 2.05) is 11.9 Å². The van der Waals surface area contributed by atoms with Gasteiger partial charge in [-0.15, -0.1) is 0 Å². The fraction of sp³-hybridized carbons (Fsp3) is 0.455. The Morgan fingerprint density at radius 2 is 2.15 bits per heavy atom. The molecule has 1 saturated carbocycles. The van der Waals surface area contributed by atoms with Gasteiger partial charge < -0.3 is 20.1 Å². The van der Waals surface area contributed by atoms with Gasteiger partial charge in [-0.2, -0.15) is 10.1 Å². The Kier molecular flexibility index (Phi) is 5.57. The summed E-state index contributed by atoms with van der Waals surface area (Å²) in [5, 5.41) is 14.4. The second-order valence-corrected chi connectivity index (χ2v) is 8.66. The van der Waals surface area contributed by atoms with Crippen molar-refractivity contribution in [2.45, 2.75) is 38.0 Å². The van der Waals surface area contributed by atoms with Crippen LogP contribution in [0.15, 0.2) is 29.3 Å². The van der Waals surface area contributed by atoms with E-state index in [1.165, 1.54) is 4.52 Å². The third-order valence-corrected chi connectivity index (χ3v) is 6.05. The van der Waals surface area contributed by atoms with Gasteiger partial charge in [0.05, 0.1) is 23.7 Å². The highest BCUT2D eigenvalue weighted by atomic mass is 19.1. The van der Waals surface area contributed by atoms with E-state index < -0.39 is 12.0 Å². The van der Waals surface area contributed by atoms with E-state index in [1.54, 1.807) is 18.2 Å². The molecule has 174 valence electrons. The number of hydrogen-bond donors (Lipinski definition) is 2. The van der Waals surface area contributed by atoms with Gasteiger partial charge in [0, 0.05) is 19.0 Å². The molecule has 2 atom stereocenters. The first-order valence-electron chi connectivity index (χ1n) is 11.0. The van der Waals surface area contributed by atoms with Crippen molar-refractivity contribution in [3.63, 3.8) is 0 Å². The zero-order valence-electron chi connectivity index (χ0n) is 18.2. The topological polar surface area (TPSA) is 101 Å². The Labute approximate surface area is 188 Å². The molecule has 11 heteroatoms. The van der Waals surface area contributed by atoms with E-state index in [-0.39, 0.29) is 47.4 Å². The first-order valence-corrected chi connectivity index (χ1v) is 11.0. The summed E-state index contributed by atoms with van der Waals surface area (Å²) in [6.07, 6.45) is 1.36. The number of alkyl halides is 1. The van der Waals surface area contributed by atoms with Crippen LogP contribution in [0.4, 0.5) is 14.6 Å². The molecule has 2 N–H and O–H groups in total. The molecule has 33 heavy (non-hydrogen) atoms. The molecule has 4 heterocycles. The average Bonchev–Trinajstić information content (AvgIpc) is 3.39. The summed E-state index contributed by atoms with van der Waals surface area (Å²) in [5.41, 5.74) is 0.729. The summed E-state index contributed by atoms with van der Waals surface area (Å²) in [7, 11) is 1.89. The van der Waals surface area contributed by atoms with Crippen molar-refractivity contribution in [2.24, 2.45) is 5.92 Å². The smallest absolute Gasteiger partial charge is 0.246 e. The number of carbonyl (C=O) groups excluding carboxylic acids is 1. The van der Waals surface area contributed by atoms with Gasteiger partial charge in [-0.05, 0) is 38.4 Å². The zero-order valence-corrected chi connectivity index (χ0v) is 18.2. The van der Waals surface area contributed by atoms with Crippen LogP contribution in [-0.2, 0) is 11.3 Å². The number of aromatic nitrogens is 4. The number of amides is 1. The quantitative estimate of drug-likeness (QED) is 0.563. The third kappa shape index (κ3) is 4.32. The van der Waals surface area contributed by atoms with Crippen molar-refractivity contribution in [1.82, 2.24) is 30.0 Å². The van der Waals surface area contributed by atoms with Crippen LogP contribution >= 0.6 is 0 Å². The Balaban J connectivity index is 1.44. The molecular weight excluding hydrogens is 432 g/mol. The number of carbonyl (C=O) groups is 1. The molecule has 1 aliphatic heterocycles. The molecule has 9 nitrogen and oxygen atoms in total. The summed E-state index contributed by atoms with van der Waals surface area (Å²) in [4.78, 5) is 18.1. The molecule has 2 fully saturated rings. The number of likely N-dealkylation sites (tertiary alicyclic amines) is 1. The maximum atomic E-state index is 14.6. The Morgan fingerprint density at radius 3 is 2.88 bits per heavy atom. The number of pyridine rings is 1. The number of halogens is 2. The maximum Gasteiger partial charge on any atom is 0.246 e. The first kappa shape index (κ1) is 21.5. The minimum atomic E-state index is -1.05. The van der Waals surface area contributed by atoms with E-state index in [0.717, 1.165) is 19.4 Å². The van der Waals surface area contributed by atoms with Crippen molar-refractivity contribution in [1.29, 1.82) is 0 Å². The number of rotatable bonds is 7. The molecule has 3 aromatic rings. The molecule has 3 aromatic heterocycles. The third-order valence-electron chi connectivity index (χ3n) is 6.05. The largest absolute Gasteiger partial charge is 0.364 e. The summed E-state index contributed by atoms with van der Waals surface area (Å²) in [5.74, 6) is 0.114. The summed E-state index contributed by atoms with van der Waals surface area (Å²) < 4.78 is 35.8. The molecule has 2 aliphatic rings. The maximum absolute atomic E-state index is 14.6. The van der Waals surface area contributed by atoms with Crippen LogP contribution in [0.3, 0.4) is 0 Å². The Morgan fingerprint density at radius 1 is 1.33 bits per heavy atom. The number of nitrogens with zero attached hydrogens (tertiary/aromatic N) is 5. The van der Waals surface area contributed by atoms with E-state index >= 15 is 0 Å². The number of anilines is 1. The molecule has 0 spiro atoms. The number of piperidine rings is 1. The van der Waals surface area contributed by atoms with Crippen LogP contribution in [0, 0.1) is 5.92 Å². The molecule has 5 rings (SSSR count). The molecule has 1 amide bonds. The first-order chi connectivity index (χ1) is 15.9. The molecule has 0 bridgehead atoms. The van der Waals surface area contributed by atoms with Gasteiger partial charge in [0.2, 0.25) is 17.6 Å². The minimum absolute atomic E-state index is 0.0453. The second kappa shape index (κ2) is 8.54. The monoisotopic (exact) mass is 457 g/mol. The van der Waals surface area contributed by atoms with E-state index in [4.69, 9.17) is 4.52 Å². The molecule has 1 saturated heterocycles. The van der Waals surface area contributed by atoms with Crippen molar-refractivity contribution in [3.05, 3.63) is 36.2 Å². The van der Waals surface area contributed by atoms with Gasteiger partial charge in [0.15, 0.2) is 0 Å². The van der Waals surface area contributed by atoms with Gasteiger partial charge in [0.25, 0.3) is 0 Å². The lowest BCUT2D eigenvalue weighted by molar-refractivity contribution is -0.122. The summed E-state index contributed by atoms with van der Waals surface area (Å²) in [6, 6.07) is 4.81. The predicted octanol–water partition coefficient (Wildman–Crippen LogP) is 2.80. The summed E-state index contributed by atoms with van der Waals surface area (Å²) >= 11 is 0. The van der Waals surface area contributed by atoms with Gasteiger partial charge >= 0.3 is 0 Å². The van der Waals surface area contributed by atoms with Crippen molar-refractivity contribution < 1.29 is 18.1 Å². The van der Waals surface area contributed by atoms with Crippen LogP contribution in [-0.4, -0.2) is 62.9 Å². The number of fused-ring (bicyclic) bond motifs is 1. The Hall–Kier alpha value is -3.34. The number of hydrogen-bond acceptors (Lipinski definition) is 7. The van der Waals surface area contributed by atoms with E-state index in [2.05, 4.69) is 32.5 Å². The highest BCUT2D eigenvalue weighted by molar-refractivity contribution is 5.84. The van der Waals surface area contributed by atoms with Crippen molar-refractivity contribution in [2.75, 3.05) is 25.5 Å². The second-order valence-electron chi connectivity index (χ2n) is 8.66. The highest BCUT2D eigenvalue weighted by Crippen LogP contribution is 2.33. The van der Waals surface area contributed by atoms with Crippen LogP contribution in [0.1, 0.15) is 30.7 Å².